The summed E-state index contributed by atoms with van der Waals surface area (Å²) in [6, 6.07) is 7.28. The Morgan fingerprint density at radius 1 is 1.39 bits per heavy atom. The van der Waals surface area contributed by atoms with Crippen LogP contribution in [0, 0.1) is 17.0 Å². The number of amides is 1. The van der Waals surface area contributed by atoms with Crippen molar-refractivity contribution in [3.63, 3.8) is 0 Å². The Morgan fingerprint density at radius 2 is 2.21 bits per heavy atom. The van der Waals surface area contributed by atoms with Crippen molar-refractivity contribution < 1.29 is 9.72 Å². The second-order valence-electron chi connectivity index (χ2n) is 7.11. The third kappa shape index (κ3) is 3.26. The van der Waals surface area contributed by atoms with Crippen molar-refractivity contribution in [2.45, 2.75) is 25.7 Å². The molecule has 0 aliphatic carbocycles. The van der Waals surface area contributed by atoms with Gasteiger partial charge in [0.05, 0.1) is 21.5 Å². The summed E-state index contributed by atoms with van der Waals surface area (Å²) in [7, 11) is 0. The third-order valence-electron chi connectivity index (χ3n) is 5.09. The number of carbonyl (C=O) groups excluding carboxylic acids is 1. The monoisotopic (exact) mass is 380 g/mol. The van der Waals surface area contributed by atoms with Crippen LogP contribution in [0.15, 0.2) is 30.5 Å². The van der Waals surface area contributed by atoms with Crippen molar-refractivity contribution in [1.82, 2.24) is 15.0 Å². The van der Waals surface area contributed by atoms with Gasteiger partial charge in [-0.1, -0.05) is 6.07 Å². The molecule has 9 nitrogen and oxygen atoms in total. The number of benzene rings is 1. The minimum Gasteiger partial charge on any atom is -0.365 e. The first kappa shape index (κ1) is 17.9. The zero-order chi connectivity index (χ0) is 19.8. The van der Waals surface area contributed by atoms with Gasteiger partial charge in [-0.05, 0) is 37.5 Å². The molecule has 3 N–H and O–H groups in total. The lowest BCUT2D eigenvalue weighted by Crippen LogP contribution is -2.36. The number of hydrogen-bond acceptors (Lipinski definition) is 6. The Labute approximate surface area is 160 Å². The standard InChI is InChI=1S/C19H20N6O3/c1-11-4-5-15-16(7-11)23-18(22-15)12-3-2-6-24(10-12)19-14(17(20)26)8-13(9-21-19)25(27)28/h4-5,7-9,12H,2-3,6,10H2,1H3,(H2,20,26)(H,22,23). The van der Waals surface area contributed by atoms with E-state index in [1.54, 1.807) is 0 Å². The average molecular weight is 380 g/mol. The molecule has 1 saturated heterocycles. The van der Waals surface area contributed by atoms with Gasteiger partial charge < -0.3 is 15.6 Å². The Hall–Kier alpha value is -3.49. The van der Waals surface area contributed by atoms with Gasteiger partial charge in [-0.15, -0.1) is 0 Å². The fraction of sp³-hybridized carbons (Fsp3) is 0.316. The van der Waals surface area contributed by atoms with Crippen LogP contribution in [0.3, 0.4) is 0 Å². The van der Waals surface area contributed by atoms with Gasteiger partial charge >= 0.3 is 0 Å². The van der Waals surface area contributed by atoms with Crippen LogP contribution in [0.5, 0.6) is 0 Å². The minimum atomic E-state index is -0.729. The molecule has 0 bridgehead atoms. The van der Waals surface area contributed by atoms with Crippen LogP contribution < -0.4 is 10.6 Å². The summed E-state index contributed by atoms with van der Waals surface area (Å²) in [5, 5.41) is 11.0. The van der Waals surface area contributed by atoms with Crippen molar-refractivity contribution in [3.05, 3.63) is 57.5 Å². The lowest BCUT2D eigenvalue weighted by Gasteiger charge is -2.33. The first-order valence-corrected chi connectivity index (χ1v) is 9.08. The number of fused-ring (bicyclic) bond motifs is 1. The first-order valence-electron chi connectivity index (χ1n) is 9.08. The number of anilines is 1. The highest BCUT2D eigenvalue weighted by atomic mass is 16.6. The number of pyridine rings is 1. The SMILES string of the molecule is Cc1ccc2nc(C3CCCN(c4ncc([N+](=O)[O-])cc4C(N)=O)C3)[nH]c2c1. The summed E-state index contributed by atoms with van der Waals surface area (Å²) in [5.74, 6) is 0.689. The van der Waals surface area contributed by atoms with Gasteiger partial charge in [-0.25, -0.2) is 9.97 Å². The van der Waals surface area contributed by atoms with Crippen molar-refractivity contribution in [3.8, 4) is 0 Å². The number of nitrogens with two attached hydrogens (primary N) is 1. The summed E-state index contributed by atoms with van der Waals surface area (Å²) in [6.45, 7) is 3.33. The number of imidazole rings is 1. The normalized spacial score (nSPS) is 17.0. The van der Waals surface area contributed by atoms with Crippen molar-refractivity contribution in [1.29, 1.82) is 0 Å². The number of rotatable bonds is 4. The number of nitrogens with one attached hydrogen (secondary N) is 1. The Morgan fingerprint density at radius 3 is 2.96 bits per heavy atom. The maximum absolute atomic E-state index is 11.9. The predicted molar refractivity (Wildman–Crippen MR) is 104 cm³/mol. The number of nitro groups is 1. The fourth-order valence-corrected chi connectivity index (χ4v) is 3.71. The number of H-pyrrole nitrogens is 1. The number of piperidine rings is 1. The van der Waals surface area contributed by atoms with Crippen LogP contribution in [0.1, 0.15) is 40.5 Å². The van der Waals surface area contributed by atoms with E-state index in [9.17, 15) is 14.9 Å². The number of hydrogen-bond donors (Lipinski definition) is 2. The first-order chi connectivity index (χ1) is 13.4. The molecule has 1 aromatic carbocycles. The summed E-state index contributed by atoms with van der Waals surface area (Å²) >= 11 is 0. The van der Waals surface area contributed by atoms with Gasteiger partial charge in [-0.2, -0.15) is 0 Å². The summed E-state index contributed by atoms with van der Waals surface area (Å²) in [5.41, 5.74) is 8.35. The van der Waals surface area contributed by atoms with Gasteiger partial charge in [0.1, 0.15) is 17.8 Å². The number of aromatic nitrogens is 3. The molecule has 2 aromatic heterocycles. The number of nitrogens with zero attached hydrogens (tertiary/aromatic N) is 4. The second-order valence-corrected chi connectivity index (χ2v) is 7.11. The molecule has 3 heterocycles. The number of aromatic amines is 1. The quantitative estimate of drug-likeness (QED) is 0.528. The van der Waals surface area contributed by atoms with E-state index in [2.05, 4.69) is 16.0 Å². The summed E-state index contributed by atoms with van der Waals surface area (Å²) in [4.78, 5) is 36.5. The van der Waals surface area contributed by atoms with Gasteiger partial charge in [0.25, 0.3) is 11.6 Å². The van der Waals surface area contributed by atoms with Gasteiger partial charge in [0, 0.05) is 25.1 Å². The predicted octanol–water partition coefficient (Wildman–Crippen LogP) is 2.66. The van der Waals surface area contributed by atoms with E-state index in [1.807, 2.05) is 24.0 Å². The van der Waals surface area contributed by atoms with E-state index in [4.69, 9.17) is 10.7 Å². The fourth-order valence-electron chi connectivity index (χ4n) is 3.71. The number of aryl methyl sites for hydroxylation is 1. The molecule has 1 unspecified atom stereocenters. The van der Waals surface area contributed by atoms with Crippen LogP contribution >= 0.6 is 0 Å². The minimum absolute atomic E-state index is 0.0649. The highest BCUT2D eigenvalue weighted by molar-refractivity contribution is 5.98. The molecule has 28 heavy (non-hydrogen) atoms. The molecule has 0 spiro atoms. The molecule has 1 aliphatic heterocycles. The maximum atomic E-state index is 11.9. The van der Waals surface area contributed by atoms with E-state index < -0.39 is 10.8 Å². The van der Waals surface area contributed by atoms with Gasteiger partial charge in [0.15, 0.2) is 0 Å². The molecule has 0 radical (unpaired) electrons. The van der Waals surface area contributed by atoms with Crippen LogP contribution in [0.4, 0.5) is 11.5 Å². The molecule has 0 saturated carbocycles. The lowest BCUT2D eigenvalue weighted by molar-refractivity contribution is -0.385. The lowest BCUT2D eigenvalue weighted by atomic mass is 9.97. The third-order valence-corrected chi connectivity index (χ3v) is 5.09. The highest BCUT2D eigenvalue weighted by Crippen LogP contribution is 2.31. The highest BCUT2D eigenvalue weighted by Gasteiger charge is 2.28. The molecular weight excluding hydrogens is 360 g/mol. The van der Waals surface area contributed by atoms with E-state index in [0.717, 1.165) is 41.5 Å². The van der Waals surface area contributed by atoms with Crippen LogP contribution in [-0.4, -0.2) is 38.9 Å². The van der Waals surface area contributed by atoms with E-state index >= 15 is 0 Å². The summed E-state index contributed by atoms with van der Waals surface area (Å²) < 4.78 is 0. The van der Waals surface area contributed by atoms with Gasteiger partial charge in [0.2, 0.25) is 0 Å². The largest absolute Gasteiger partial charge is 0.365 e. The van der Waals surface area contributed by atoms with Crippen molar-refractivity contribution in [2.75, 3.05) is 18.0 Å². The Balaban J connectivity index is 1.64. The van der Waals surface area contributed by atoms with Crippen molar-refractivity contribution in [2.24, 2.45) is 5.73 Å². The van der Waals surface area contributed by atoms with Crippen LogP contribution in [-0.2, 0) is 0 Å². The summed E-state index contributed by atoms with van der Waals surface area (Å²) in [6.07, 6.45) is 3.00. The van der Waals surface area contributed by atoms with E-state index in [0.29, 0.717) is 18.9 Å². The molecule has 1 amide bonds. The molecular formula is C19H20N6O3. The average Bonchev–Trinajstić information content (AvgIpc) is 3.10. The molecule has 1 atom stereocenters. The topological polar surface area (TPSA) is 131 Å². The zero-order valence-corrected chi connectivity index (χ0v) is 15.4. The molecule has 144 valence electrons. The molecule has 3 aromatic rings. The van der Waals surface area contributed by atoms with Crippen LogP contribution in [0.25, 0.3) is 11.0 Å². The molecule has 1 aliphatic rings. The van der Waals surface area contributed by atoms with Crippen LogP contribution in [0.2, 0.25) is 0 Å². The second kappa shape index (κ2) is 6.91. The van der Waals surface area contributed by atoms with E-state index in [-0.39, 0.29) is 17.2 Å². The number of carbonyl (C=O) groups is 1. The van der Waals surface area contributed by atoms with Crippen molar-refractivity contribution >= 4 is 28.4 Å². The maximum Gasteiger partial charge on any atom is 0.288 e. The molecule has 1 fully saturated rings. The van der Waals surface area contributed by atoms with Gasteiger partial charge in [-0.3, -0.25) is 14.9 Å². The zero-order valence-electron chi connectivity index (χ0n) is 15.4. The Kier molecular flexibility index (Phi) is 4.42. The number of primary amides is 1. The molecule has 4 rings (SSSR count). The Bertz CT molecular complexity index is 1080. The van der Waals surface area contributed by atoms with E-state index in [1.165, 1.54) is 6.07 Å². The molecule has 9 heteroatoms. The smallest absolute Gasteiger partial charge is 0.288 e.